The van der Waals surface area contributed by atoms with E-state index in [1.54, 1.807) is 0 Å². The Morgan fingerprint density at radius 3 is 2.89 bits per heavy atom. The minimum atomic E-state index is -0.0714. The fourth-order valence-electron chi connectivity index (χ4n) is 0.788. The van der Waals surface area contributed by atoms with Gasteiger partial charge in [0.05, 0.1) is 11.2 Å². The molecule has 0 saturated carbocycles. The van der Waals surface area contributed by atoms with Crippen LogP contribution in [-0.4, -0.2) is 16.9 Å². The van der Waals surface area contributed by atoms with E-state index in [4.69, 9.17) is 4.74 Å². The summed E-state index contributed by atoms with van der Waals surface area (Å²) in [5.41, 5.74) is 0. The highest BCUT2D eigenvalue weighted by molar-refractivity contribution is 9.09. The molecule has 0 aliphatic carbocycles. The van der Waals surface area contributed by atoms with Crippen molar-refractivity contribution in [3.63, 3.8) is 0 Å². The second-order valence-corrected chi connectivity index (χ2v) is 3.33. The van der Waals surface area contributed by atoms with Gasteiger partial charge in [-0.05, 0) is 6.42 Å². The molecule has 0 unspecified atom stereocenters. The maximum atomic E-state index is 10.3. The van der Waals surface area contributed by atoms with Crippen LogP contribution in [0.15, 0.2) is 0 Å². The van der Waals surface area contributed by atoms with Gasteiger partial charge in [-0.1, -0.05) is 22.9 Å². The van der Waals surface area contributed by atoms with Crippen LogP contribution in [0.25, 0.3) is 0 Å². The monoisotopic (exact) mass is 192 g/mol. The van der Waals surface area contributed by atoms with Gasteiger partial charge < -0.3 is 4.74 Å². The van der Waals surface area contributed by atoms with Crippen LogP contribution in [0.2, 0.25) is 0 Å². The summed E-state index contributed by atoms with van der Waals surface area (Å²) in [6, 6.07) is 0. The first kappa shape index (κ1) is 7.06. The van der Waals surface area contributed by atoms with Gasteiger partial charge in [-0.3, -0.25) is 4.79 Å². The molecule has 0 radical (unpaired) electrons. The predicted molar refractivity (Wildman–Crippen MR) is 37.5 cm³/mol. The Kier molecular flexibility index (Phi) is 2.11. The molecule has 0 N–H and O–H groups in total. The van der Waals surface area contributed by atoms with Crippen molar-refractivity contribution in [2.75, 3.05) is 0 Å². The molecule has 0 amide bonds. The Labute approximate surface area is 62.7 Å². The van der Waals surface area contributed by atoms with Crippen molar-refractivity contribution >= 4 is 21.9 Å². The van der Waals surface area contributed by atoms with Gasteiger partial charge in [0.1, 0.15) is 6.10 Å². The zero-order chi connectivity index (χ0) is 6.85. The van der Waals surface area contributed by atoms with Crippen molar-refractivity contribution in [1.82, 2.24) is 0 Å². The Balaban J connectivity index is 2.23. The zero-order valence-electron chi connectivity index (χ0n) is 5.26. The molecule has 1 saturated heterocycles. The zero-order valence-corrected chi connectivity index (χ0v) is 6.85. The summed E-state index contributed by atoms with van der Waals surface area (Å²) in [5.74, 6) is -0.0714. The van der Waals surface area contributed by atoms with E-state index in [0.29, 0.717) is 11.2 Å². The number of carbonyl (C=O) groups is 1. The lowest BCUT2D eigenvalue weighted by Crippen LogP contribution is -2.39. The highest BCUT2D eigenvalue weighted by Gasteiger charge is 2.33. The molecule has 1 fully saturated rings. The van der Waals surface area contributed by atoms with Crippen molar-refractivity contribution in [1.29, 1.82) is 0 Å². The number of esters is 1. The number of hydrogen-bond donors (Lipinski definition) is 0. The number of carbonyl (C=O) groups excluding carboxylic acids is 1. The van der Waals surface area contributed by atoms with Gasteiger partial charge in [0.2, 0.25) is 0 Å². The lowest BCUT2D eigenvalue weighted by atomic mass is 10.1. The summed E-state index contributed by atoms with van der Waals surface area (Å²) in [6.45, 7) is 2.06. The van der Waals surface area contributed by atoms with E-state index in [9.17, 15) is 4.79 Å². The Hall–Kier alpha value is -0.0500. The highest BCUT2D eigenvalue weighted by atomic mass is 79.9. The molecule has 1 aliphatic rings. The lowest BCUT2D eigenvalue weighted by molar-refractivity contribution is -0.169. The number of hydrogen-bond acceptors (Lipinski definition) is 2. The summed E-state index contributed by atoms with van der Waals surface area (Å²) in [5, 5.41) is 0. The number of alkyl halides is 1. The fourth-order valence-corrected chi connectivity index (χ4v) is 1.08. The van der Waals surface area contributed by atoms with Gasteiger partial charge in [-0.2, -0.15) is 0 Å². The van der Waals surface area contributed by atoms with Crippen LogP contribution in [0.5, 0.6) is 0 Å². The Bertz CT molecular complexity index is 116. The molecule has 2 atom stereocenters. The van der Waals surface area contributed by atoms with Crippen LogP contribution >= 0.6 is 15.9 Å². The maximum absolute atomic E-state index is 10.3. The maximum Gasteiger partial charge on any atom is 0.309 e. The standard InChI is InChI=1S/C6H9BrO2/c1-2-4(7)5-3-6(8)9-5/h4-5H,2-3H2,1H3/t4-,5+/m0/s1. The number of cyclic esters (lactones) is 1. The van der Waals surface area contributed by atoms with Gasteiger partial charge in [0, 0.05) is 0 Å². The molecule has 0 aromatic heterocycles. The van der Waals surface area contributed by atoms with Gasteiger partial charge in [-0.25, -0.2) is 0 Å². The van der Waals surface area contributed by atoms with E-state index in [1.807, 2.05) is 0 Å². The molecule has 1 heterocycles. The molecule has 1 rings (SSSR count). The van der Waals surface area contributed by atoms with Crippen LogP contribution in [-0.2, 0) is 9.53 Å². The summed E-state index contributed by atoms with van der Waals surface area (Å²) in [4.78, 5) is 10.6. The van der Waals surface area contributed by atoms with E-state index in [1.165, 1.54) is 0 Å². The molecule has 2 nitrogen and oxygen atoms in total. The molecular formula is C6H9BrO2. The number of ether oxygens (including phenoxy) is 1. The van der Waals surface area contributed by atoms with Crippen LogP contribution < -0.4 is 0 Å². The first-order valence-corrected chi connectivity index (χ1v) is 3.99. The van der Waals surface area contributed by atoms with Crippen LogP contribution in [0.3, 0.4) is 0 Å². The average Bonchev–Trinajstić information content (AvgIpc) is 1.79. The van der Waals surface area contributed by atoms with E-state index in [2.05, 4.69) is 22.9 Å². The van der Waals surface area contributed by atoms with E-state index < -0.39 is 0 Å². The SMILES string of the molecule is CC[C@H](Br)[C@H]1CC(=O)O1. The van der Waals surface area contributed by atoms with Gasteiger partial charge >= 0.3 is 5.97 Å². The molecule has 1 aliphatic heterocycles. The Morgan fingerprint density at radius 1 is 2.00 bits per heavy atom. The lowest BCUT2D eigenvalue weighted by Gasteiger charge is -2.28. The second kappa shape index (κ2) is 2.69. The van der Waals surface area contributed by atoms with Crippen molar-refractivity contribution in [3.05, 3.63) is 0 Å². The summed E-state index contributed by atoms with van der Waals surface area (Å²) in [6.07, 6.45) is 1.74. The molecule has 9 heavy (non-hydrogen) atoms. The van der Waals surface area contributed by atoms with Crippen molar-refractivity contribution in [2.45, 2.75) is 30.7 Å². The van der Waals surface area contributed by atoms with Crippen LogP contribution in [0.1, 0.15) is 19.8 Å². The fraction of sp³-hybridized carbons (Fsp3) is 0.833. The molecule has 0 aromatic rings. The third-order valence-electron chi connectivity index (χ3n) is 1.44. The van der Waals surface area contributed by atoms with Crippen molar-refractivity contribution < 1.29 is 9.53 Å². The van der Waals surface area contributed by atoms with Crippen molar-refractivity contribution in [2.24, 2.45) is 0 Å². The number of halogens is 1. The van der Waals surface area contributed by atoms with Gasteiger partial charge in [0.25, 0.3) is 0 Å². The topological polar surface area (TPSA) is 26.3 Å². The first-order valence-electron chi connectivity index (χ1n) is 3.07. The largest absolute Gasteiger partial charge is 0.460 e. The molecule has 3 heteroatoms. The van der Waals surface area contributed by atoms with Crippen LogP contribution in [0, 0.1) is 0 Å². The Morgan fingerprint density at radius 2 is 2.56 bits per heavy atom. The number of rotatable bonds is 2. The molecule has 0 bridgehead atoms. The molecule has 0 aromatic carbocycles. The summed E-state index contributed by atoms with van der Waals surface area (Å²) >= 11 is 3.40. The average molecular weight is 193 g/mol. The summed E-state index contributed by atoms with van der Waals surface area (Å²) in [7, 11) is 0. The summed E-state index contributed by atoms with van der Waals surface area (Å²) < 4.78 is 4.81. The third-order valence-corrected chi connectivity index (χ3v) is 2.68. The highest BCUT2D eigenvalue weighted by Crippen LogP contribution is 2.23. The molecular weight excluding hydrogens is 184 g/mol. The minimum Gasteiger partial charge on any atom is -0.460 e. The van der Waals surface area contributed by atoms with E-state index in [0.717, 1.165) is 6.42 Å². The first-order chi connectivity index (χ1) is 4.24. The third kappa shape index (κ3) is 1.45. The normalized spacial score (nSPS) is 28.7. The van der Waals surface area contributed by atoms with E-state index in [-0.39, 0.29) is 12.1 Å². The van der Waals surface area contributed by atoms with Crippen molar-refractivity contribution in [3.8, 4) is 0 Å². The quantitative estimate of drug-likeness (QED) is 0.490. The van der Waals surface area contributed by atoms with Gasteiger partial charge in [-0.15, -0.1) is 0 Å². The van der Waals surface area contributed by atoms with E-state index >= 15 is 0 Å². The predicted octanol–water partition coefficient (Wildman–Crippen LogP) is 1.48. The van der Waals surface area contributed by atoms with Crippen LogP contribution in [0.4, 0.5) is 0 Å². The molecule has 52 valence electrons. The second-order valence-electron chi connectivity index (χ2n) is 2.16. The smallest absolute Gasteiger partial charge is 0.309 e. The minimum absolute atomic E-state index is 0.0714. The molecule has 0 spiro atoms. The van der Waals surface area contributed by atoms with Gasteiger partial charge in [0.15, 0.2) is 0 Å².